The third-order valence-electron chi connectivity index (χ3n) is 2.77. The SMILES string of the molecule is C[n+]1nc(-c2ccccc2)oc1-c1ccccc1. The zero-order valence-electron chi connectivity index (χ0n) is 10.1. The van der Waals surface area contributed by atoms with Gasteiger partial charge in [0.25, 0.3) is 5.89 Å². The van der Waals surface area contributed by atoms with E-state index < -0.39 is 0 Å². The predicted molar refractivity (Wildman–Crippen MR) is 68.6 cm³/mol. The summed E-state index contributed by atoms with van der Waals surface area (Å²) in [4.78, 5) is 0. The Morgan fingerprint density at radius 2 is 1.39 bits per heavy atom. The van der Waals surface area contributed by atoms with E-state index in [2.05, 4.69) is 5.10 Å². The van der Waals surface area contributed by atoms with Crippen LogP contribution < -0.4 is 4.68 Å². The highest BCUT2D eigenvalue weighted by atomic mass is 16.4. The minimum atomic E-state index is 0.636. The van der Waals surface area contributed by atoms with Gasteiger partial charge in [-0.25, -0.2) is 0 Å². The summed E-state index contributed by atoms with van der Waals surface area (Å²) >= 11 is 0. The zero-order valence-corrected chi connectivity index (χ0v) is 10.1. The summed E-state index contributed by atoms with van der Waals surface area (Å²) in [6.45, 7) is 0. The molecule has 0 aliphatic rings. The van der Waals surface area contributed by atoms with Gasteiger partial charge in [-0.1, -0.05) is 36.4 Å². The lowest BCUT2D eigenvalue weighted by molar-refractivity contribution is -0.719. The van der Waals surface area contributed by atoms with Crippen molar-refractivity contribution in [2.24, 2.45) is 7.05 Å². The van der Waals surface area contributed by atoms with Gasteiger partial charge in [0.2, 0.25) is 0 Å². The Morgan fingerprint density at radius 1 is 0.833 bits per heavy atom. The highest BCUT2D eigenvalue weighted by Gasteiger charge is 2.20. The molecular weight excluding hydrogens is 224 g/mol. The monoisotopic (exact) mass is 237 g/mol. The number of aryl methyl sites for hydroxylation is 1. The molecule has 0 radical (unpaired) electrons. The van der Waals surface area contributed by atoms with Crippen LogP contribution in [0.3, 0.4) is 0 Å². The van der Waals surface area contributed by atoms with Crippen LogP contribution in [-0.2, 0) is 7.05 Å². The van der Waals surface area contributed by atoms with E-state index in [4.69, 9.17) is 4.42 Å². The van der Waals surface area contributed by atoms with E-state index in [-0.39, 0.29) is 0 Å². The van der Waals surface area contributed by atoms with Gasteiger partial charge in [-0.2, -0.15) is 0 Å². The number of hydrogen-bond acceptors (Lipinski definition) is 2. The van der Waals surface area contributed by atoms with E-state index in [1.165, 1.54) is 0 Å². The van der Waals surface area contributed by atoms with Gasteiger partial charge in [0.05, 0.1) is 5.56 Å². The van der Waals surface area contributed by atoms with Crippen LogP contribution in [0.2, 0.25) is 0 Å². The van der Waals surface area contributed by atoms with Crippen molar-refractivity contribution in [2.75, 3.05) is 0 Å². The minimum absolute atomic E-state index is 0.636. The summed E-state index contributed by atoms with van der Waals surface area (Å²) in [5.74, 6) is 1.39. The average molecular weight is 237 g/mol. The summed E-state index contributed by atoms with van der Waals surface area (Å²) in [6, 6.07) is 19.9. The van der Waals surface area contributed by atoms with Gasteiger partial charge in [0, 0.05) is 10.7 Å². The Labute approximate surface area is 105 Å². The molecule has 0 atom stereocenters. The van der Waals surface area contributed by atoms with Crippen LogP contribution in [0.5, 0.6) is 0 Å². The van der Waals surface area contributed by atoms with E-state index in [9.17, 15) is 0 Å². The van der Waals surface area contributed by atoms with Crippen LogP contribution in [0.4, 0.5) is 0 Å². The molecule has 0 aliphatic carbocycles. The van der Waals surface area contributed by atoms with Crippen molar-refractivity contribution in [3.8, 4) is 22.9 Å². The predicted octanol–water partition coefficient (Wildman–Crippen LogP) is 2.83. The maximum Gasteiger partial charge on any atom is 0.407 e. The number of nitrogens with zero attached hydrogens (tertiary/aromatic N) is 2. The molecule has 1 aromatic heterocycles. The van der Waals surface area contributed by atoms with E-state index in [1.54, 1.807) is 4.68 Å². The quantitative estimate of drug-likeness (QED) is 0.641. The second kappa shape index (κ2) is 4.45. The largest absolute Gasteiger partial charge is 0.407 e. The molecule has 2 aromatic carbocycles. The summed E-state index contributed by atoms with van der Waals surface area (Å²) in [6.07, 6.45) is 0. The molecule has 3 rings (SSSR count). The average Bonchev–Trinajstić information content (AvgIpc) is 2.83. The van der Waals surface area contributed by atoms with Crippen LogP contribution in [0.15, 0.2) is 65.1 Å². The van der Waals surface area contributed by atoms with Crippen LogP contribution >= 0.6 is 0 Å². The van der Waals surface area contributed by atoms with E-state index in [0.717, 1.165) is 17.0 Å². The molecule has 0 amide bonds. The van der Waals surface area contributed by atoms with Gasteiger partial charge >= 0.3 is 5.89 Å². The molecule has 0 aliphatic heterocycles. The third kappa shape index (κ3) is 1.91. The summed E-state index contributed by atoms with van der Waals surface area (Å²) in [7, 11) is 1.89. The van der Waals surface area contributed by atoms with Crippen molar-refractivity contribution >= 4 is 0 Å². The van der Waals surface area contributed by atoms with E-state index in [0.29, 0.717) is 5.89 Å². The van der Waals surface area contributed by atoms with Crippen molar-refractivity contribution in [1.29, 1.82) is 0 Å². The molecule has 1 heterocycles. The summed E-state index contributed by atoms with van der Waals surface area (Å²) < 4.78 is 7.60. The fourth-order valence-electron chi connectivity index (χ4n) is 1.88. The lowest BCUT2D eigenvalue weighted by atomic mass is 10.2. The molecule has 0 fully saturated rings. The Morgan fingerprint density at radius 3 is 2.00 bits per heavy atom. The molecule has 0 saturated carbocycles. The first kappa shape index (κ1) is 10.7. The molecule has 88 valence electrons. The fraction of sp³-hybridized carbons (Fsp3) is 0.0667. The molecule has 3 nitrogen and oxygen atoms in total. The molecule has 0 bridgehead atoms. The summed E-state index contributed by atoms with van der Waals surface area (Å²) in [5, 5.41) is 4.41. The highest BCUT2D eigenvalue weighted by Crippen LogP contribution is 2.21. The Kier molecular flexibility index (Phi) is 2.65. The standard InChI is InChI=1S/C15H13N2O/c1-17-15(13-10-6-3-7-11-13)18-14(16-17)12-8-4-2-5-9-12/h2-11H,1H3/q+1. The molecular formula is C15H13N2O+. The molecule has 0 unspecified atom stereocenters. The van der Waals surface area contributed by atoms with Crippen molar-refractivity contribution in [2.45, 2.75) is 0 Å². The van der Waals surface area contributed by atoms with Gasteiger partial charge in [-0.15, -0.1) is 0 Å². The first-order valence-corrected chi connectivity index (χ1v) is 5.82. The highest BCUT2D eigenvalue weighted by molar-refractivity contribution is 5.55. The normalized spacial score (nSPS) is 10.5. The summed E-state index contributed by atoms with van der Waals surface area (Å²) in [5.41, 5.74) is 2.00. The Balaban J connectivity index is 2.07. The molecule has 3 heteroatoms. The van der Waals surface area contributed by atoms with E-state index >= 15 is 0 Å². The van der Waals surface area contributed by atoms with Gasteiger partial charge in [-0.05, 0) is 28.9 Å². The first-order chi connectivity index (χ1) is 8.84. The maximum absolute atomic E-state index is 5.84. The second-order valence-corrected chi connectivity index (χ2v) is 4.07. The topological polar surface area (TPSA) is 29.9 Å². The van der Waals surface area contributed by atoms with Gasteiger partial charge < -0.3 is 4.42 Å². The van der Waals surface area contributed by atoms with Gasteiger partial charge in [0.15, 0.2) is 7.05 Å². The maximum atomic E-state index is 5.84. The fourth-order valence-corrected chi connectivity index (χ4v) is 1.88. The molecule has 3 aromatic rings. The van der Waals surface area contributed by atoms with Crippen LogP contribution in [0.1, 0.15) is 0 Å². The molecule has 18 heavy (non-hydrogen) atoms. The second-order valence-electron chi connectivity index (χ2n) is 4.07. The lowest BCUT2D eigenvalue weighted by Gasteiger charge is -1.90. The van der Waals surface area contributed by atoms with Crippen LogP contribution in [0, 0.1) is 0 Å². The van der Waals surface area contributed by atoms with Crippen LogP contribution in [-0.4, -0.2) is 5.10 Å². The third-order valence-corrected chi connectivity index (χ3v) is 2.77. The number of hydrogen-bond donors (Lipinski definition) is 0. The number of rotatable bonds is 2. The smallest absolute Gasteiger partial charge is 0.377 e. The lowest BCUT2D eigenvalue weighted by Crippen LogP contribution is -2.31. The number of benzene rings is 2. The molecule has 0 saturated heterocycles. The minimum Gasteiger partial charge on any atom is -0.377 e. The molecule has 0 spiro atoms. The van der Waals surface area contributed by atoms with E-state index in [1.807, 2.05) is 67.7 Å². The zero-order chi connectivity index (χ0) is 12.4. The van der Waals surface area contributed by atoms with Crippen molar-refractivity contribution in [3.05, 3.63) is 60.7 Å². The van der Waals surface area contributed by atoms with Crippen molar-refractivity contribution < 1.29 is 9.10 Å². The van der Waals surface area contributed by atoms with Gasteiger partial charge in [0.1, 0.15) is 0 Å². The van der Waals surface area contributed by atoms with Crippen molar-refractivity contribution in [3.63, 3.8) is 0 Å². The number of aromatic nitrogens is 2. The van der Waals surface area contributed by atoms with Gasteiger partial charge in [-0.3, -0.25) is 0 Å². The molecule has 0 N–H and O–H groups in total. The van der Waals surface area contributed by atoms with Crippen molar-refractivity contribution in [1.82, 2.24) is 5.10 Å². The first-order valence-electron chi connectivity index (χ1n) is 5.82. The Hall–Kier alpha value is -2.42. The Bertz CT molecular complexity index is 645. The van der Waals surface area contributed by atoms with Crippen LogP contribution in [0.25, 0.3) is 22.9 Å².